The molecule has 0 aromatic carbocycles. The summed E-state index contributed by atoms with van der Waals surface area (Å²) in [5, 5.41) is 1.43. The fourth-order valence-corrected chi connectivity index (χ4v) is 3.94. The monoisotopic (exact) mass is 358 g/mol. The normalized spacial score (nSPS) is 16.7. The van der Waals surface area contributed by atoms with Crippen molar-refractivity contribution in [2.24, 2.45) is 0 Å². The number of furan rings is 1. The average Bonchev–Trinajstić information content (AvgIpc) is 3.29. The summed E-state index contributed by atoms with van der Waals surface area (Å²) in [6, 6.07) is 6.53. The molecular weight excluding hydrogens is 336 g/mol. The summed E-state index contributed by atoms with van der Waals surface area (Å²) in [6.45, 7) is 5.64. The first-order valence-corrected chi connectivity index (χ1v) is 9.40. The Hall–Kier alpha value is -1.85. The van der Waals surface area contributed by atoms with Crippen molar-refractivity contribution in [1.29, 1.82) is 0 Å². The van der Waals surface area contributed by atoms with E-state index in [1.807, 2.05) is 12.1 Å². The van der Waals surface area contributed by atoms with Gasteiger partial charge in [-0.1, -0.05) is 6.92 Å². The Labute approximate surface area is 152 Å². The second-order valence-electron chi connectivity index (χ2n) is 6.64. The number of piperidine rings is 1. The van der Waals surface area contributed by atoms with E-state index in [0.29, 0.717) is 11.3 Å². The topological polar surface area (TPSA) is 47.1 Å². The van der Waals surface area contributed by atoms with E-state index in [4.69, 9.17) is 16.0 Å². The van der Waals surface area contributed by atoms with Gasteiger partial charge in [0, 0.05) is 37.1 Å². The third-order valence-corrected chi connectivity index (χ3v) is 5.38. The van der Waals surface area contributed by atoms with Crippen LogP contribution in [0.1, 0.15) is 37.3 Å². The summed E-state index contributed by atoms with van der Waals surface area (Å²) in [6.07, 6.45) is 7.78. The summed E-state index contributed by atoms with van der Waals surface area (Å²) in [5.74, 6) is 0.967. The van der Waals surface area contributed by atoms with Gasteiger partial charge in [-0.25, -0.2) is 4.98 Å². The van der Waals surface area contributed by atoms with Crippen LogP contribution in [0, 0.1) is 0 Å². The van der Waals surface area contributed by atoms with Gasteiger partial charge >= 0.3 is 0 Å². The van der Waals surface area contributed by atoms with Crippen LogP contribution in [-0.2, 0) is 12.8 Å². The summed E-state index contributed by atoms with van der Waals surface area (Å²) in [7, 11) is 0. The maximum atomic E-state index is 6.23. The van der Waals surface area contributed by atoms with Crippen LogP contribution in [-0.4, -0.2) is 39.1 Å². The van der Waals surface area contributed by atoms with Gasteiger partial charge in [0.15, 0.2) is 0 Å². The predicted molar refractivity (Wildman–Crippen MR) is 99.0 cm³/mol. The summed E-state index contributed by atoms with van der Waals surface area (Å²) in [5.41, 5.74) is 1.96. The molecule has 0 unspecified atom stereocenters. The van der Waals surface area contributed by atoms with Gasteiger partial charge < -0.3 is 13.9 Å². The van der Waals surface area contributed by atoms with Crippen LogP contribution in [0.15, 0.2) is 35.1 Å². The molecule has 4 rings (SSSR count). The molecule has 0 atom stereocenters. The van der Waals surface area contributed by atoms with Crippen molar-refractivity contribution < 1.29 is 4.42 Å². The highest BCUT2D eigenvalue weighted by Crippen LogP contribution is 2.29. The fourth-order valence-electron chi connectivity index (χ4n) is 3.76. The van der Waals surface area contributed by atoms with Gasteiger partial charge in [-0.2, -0.15) is 4.98 Å². The van der Waals surface area contributed by atoms with E-state index in [9.17, 15) is 0 Å². The zero-order valence-electron chi connectivity index (χ0n) is 14.5. The van der Waals surface area contributed by atoms with Crippen LogP contribution in [0.4, 0.5) is 0 Å². The number of rotatable bonds is 5. The largest absolute Gasteiger partial charge is 0.469 e. The molecule has 0 saturated carbocycles. The second-order valence-corrected chi connectivity index (χ2v) is 6.98. The molecule has 0 bridgehead atoms. The van der Waals surface area contributed by atoms with Crippen molar-refractivity contribution >= 4 is 22.6 Å². The third-order valence-electron chi connectivity index (χ3n) is 5.21. The molecule has 1 fully saturated rings. The zero-order chi connectivity index (χ0) is 17.2. The summed E-state index contributed by atoms with van der Waals surface area (Å²) >= 11 is 6.23. The van der Waals surface area contributed by atoms with Crippen LogP contribution in [0.25, 0.3) is 11.0 Å². The molecule has 5 nitrogen and oxygen atoms in total. The quantitative estimate of drug-likeness (QED) is 0.644. The lowest BCUT2D eigenvalue weighted by Gasteiger charge is -2.32. The first kappa shape index (κ1) is 16.6. The van der Waals surface area contributed by atoms with Crippen LogP contribution in [0.2, 0.25) is 5.28 Å². The van der Waals surface area contributed by atoms with E-state index in [2.05, 4.69) is 38.6 Å². The highest BCUT2D eigenvalue weighted by molar-refractivity contribution is 6.28. The lowest BCUT2D eigenvalue weighted by Crippen LogP contribution is -2.34. The fraction of sp³-hybridized carbons (Fsp3) is 0.474. The van der Waals surface area contributed by atoms with Gasteiger partial charge in [-0.15, -0.1) is 0 Å². The number of aromatic nitrogens is 3. The number of aryl methyl sites for hydroxylation is 2. The minimum absolute atomic E-state index is 0.327. The molecule has 3 aromatic rings. The number of likely N-dealkylation sites (tertiary alicyclic amines) is 1. The number of hydrogen-bond donors (Lipinski definition) is 0. The van der Waals surface area contributed by atoms with Crippen molar-refractivity contribution in [3.05, 3.63) is 47.4 Å². The molecule has 3 aromatic heterocycles. The molecule has 1 aliphatic heterocycles. The highest BCUT2D eigenvalue weighted by Gasteiger charge is 2.22. The minimum Gasteiger partial charge on any atom is -0.469 e. The van der Waals surface area contributed by atoms with Crippen LogP contribution < -0.4 is 0 Å². The molecular formula is C19H23ClN4O. The van der Waals surface area contributed by atoms with E-state index in [1.165, 1.54) is 0 Å². The van der Waals surface area contributed by atoms with Gasteiger partial charge in [0.2, 0.25) is 5.28 Å². The SMILES string of the molecule is CCN1CCC(n2ccc3c(CCc4ccco4)nc(Cl)nc32)CC1. The summed E-state index contributed by atoms with van der Waals surface area (Å²) < 4.78 is 7.73. The molecule has 132 valence electrons. The first-order valence-electron chi connectivity index (χ1n) is 9.02. The molecule has 0 radical (unpaired) electrons. The highest BCUT2D eigenvalue weighted by atomic mass is 35.5. The lowest BCUT2D eigenvalue weighted by atomic mass is 10.0. The molecule has 0 amide bonds. The minimum atomic E-state index is 0.327. The van der Waals surface area contributed by atoms with Crippen LogP contribution in [0.3, 0.4) is 0 Å². The predicted octanol–water partition coefficient (Wildman–Crippen LogP) is 4.12. The van der Waals surface area contributed by atoms with Crippen molar-refractivity contribution in [3.63, 3.8) is 0 Å². The smallest absolute Gasteiger partial charge is 0.224 e. The second kappa shape index (κ2) is 7.18. The van der Waals surface area contributed by atoms with Crippen molar-refractivity contribution in [2.75, 3.05) is 19.6 Å². The molecule has 0 N–H and O–H groups in total. The number of fused-ring (bicyclic) bond motifs is 1. The Bertz CT molecular complexity index is 835. The molecule has 1 saturated heterocycles. The number of halogens is 1. The van der Waals surface area contributed by atoms with E-state index in [1.54, 1.807) is 6.26 Å². The number of nitrogens with zero attached hydrogens (tertiary/aromatic N) is 4. The van der Waals surface area contributed by atoms with Gasteiger partial charge in [0.1, 0.15) is 11.4 Å². The van der Waals surface area contributed by atoms with Crippen molar-refractivity contribution in [1.82, 2.24) is 19.4 Å². The van der Waals surface area contributed by atoms with Gasteiger partial charge in [0.25, 0.3) is 0 Å². The van der Waals surface area contributed by atoms with Crippen molar-refractivity contribution in [3.8, 4) is 0 Å². The Kier molecular flexibility index (Phi) is 4.77. The Morgan fingerprint density at radius 1 is 1.20 bits per heavy atom. The molecule has 1 aliphatic rings. The standard InChI is InChI=1S/C19H23ClN4O/c1-2-23-10-7-14(8-11-23)24-12-9-16-17(21-19(20)22-18(16)24)6-5-15-4-3-13-25-15/h3-4,9,12-14H,2,5-8,10-11H2,1H3. The van der Waals surface area contributed by atoms with Crippen molar-refractivity contribution in [2.45, 2.75) is 38.6 Å². The van der Waals surface area contributed by atoms with Crippen LogP contribution >= 0.6 is 11.6 Å². The molecule has 6 heteroatoms. The third kappa shape index (κ3) is 3.44. The summed E-state index contributed by atoms with van der Waals surface area (Å²) in [4.78, 5) is 11.5. The van der Waals surface area contributed by atoms with E-state index in [0.717, 1.165) is 67.8 Å². The van der Waals surface area contributed by atoms with E-state index in [-0.39, 0.29) is 0 Å². The Morgan fingerprint density at radius 3 is 2.76 bits per heavy atom. The van der Waals surface area contributed by atoms with Crippen LogP contribution in [0.5, 0.6) is 0 Å². The maximum Gasteiger partial charge on any atom is 0.224 e. The lowest BCUT2D eigenvalue weighted by molar-refractivity contribution is 0.196. The average molecular weight is 359 g/mol. The Balaban J connectivity index is 1.60. The molecule has 0 aliphatic carbocycles. The Morgan fingerprint density at radius 2 is 2.04 bits per heavy atom. The van der Waals surface area contributed by atoms with Gasteiger partial charge in [-0.3, -0.25) is 0 Å². The van der Waals surface area contributed by atoms with Gasteiger partial charge in [-0.05, 0) is 55.6 Å². The molecule has 0 spiro atoms. The van der Waals surface area contributed by atoms with Gasteiger partial charge in [0.05, 0.1) is 12.0 Å². The maximum absolute atomic E-state index is 6.23. The number of hydrogen-bond acceptors (Lipinski definition) is 4. The first-order chi connectivity index (χ1) is 12.2. The molecule has 4 heterocycles. The van der Waals surface area contributed by atoms with E-state index < -0.39 is 0 Å². The van der Waals surface area contributed by atoms with E-state index >= 15 is 0 Å². The zero-order valence-corrected chi connectivity index (χ0v) is 15.2. The molecule has 25 heavy (non-hydrogen) atoms.